The van der Waals surface area contributed by atoms with Crippen LogP contribution in [0.15, 0.2) is 0 Å². The van der Waals surface area contributed by atoms with Gasteiger partial charge in [-0.25, -0.2) is 4.98 Å². The van der Waals surface area contributed by atoms with Gasteiger partial charge in [0.1, 0.15) is 10.7 Å². The van der Waals surface area contributed by atoms with Crippen molar-refractivity contribution in [3.8, 4) is 0 Å². The Kier molecular flexibility index (Phi) is 5.41. The van der Waals surface area contributed by atoms with Gasteiger partial charge >= 0.3 is 0 Å². The first-order valence-corrected chi connectivity index (χ1v) is 8.44. The maximum absolute atomic E-state index is 12.3. The number of anilines is 2. The van der Waals surface area contributed by atoms with E-state index in [0.717, 1.165) is 43.9 Å². The molecule has 5 N–H and O–H groups in total. The lowest BCUT2D eigenvalue weighted by Crippen LogP contribution is -2.39. The van der Waals surface area contributed by atoms with Gasteiger partial charge in [0.15, 0.2) is 5.13 Å². The number of thiazole rings is 1. The maximum atomic E-state index is 12.3. The zero-order valence-electron chi connectivity index (χ0n) is 12.8. The van der Waals surface area contributed by atoms with Crippen molar-refractivity contribution in [3.05, 3.63) is 4.88 Å². The molecule has 6 nitrogen and oxygen atoms in total. The summed E-state index contributed by atoms with van der Waals surface area (Å²) in [7, 11) is 0. The smallest absolute Gasteiger partial charge is 0.265 e. The highest BCUT2D eigenvalue weighted by Crippen LogP contribution is 2.30. The van der Waals surface area contributed by atoms with Crippen LogP contribution in [-0.2, 0) is 0 Å². The van der Waals surface area contributed by atoms with Gasteiger partial charge < -0.3 is 21.7 Å². The summed E-state index contributed by atoms with van der Waals surface area (Å²) in [5.74, 6) is 0.215. The Morgan fingerprint density at radius 2 is 2.05 bits per heavy atom. The standard InChI is InChI=1S/C14H25N5OS/c1-3-10(4-2)17-13(20)11-12(16)18-14(21-11)19-7-5-9(15)6-8-19/h9-10H,3-8,15-16H2,1-2H3,(H,17,20). The summed E-state index contributed by atoms with van der Waals surface area (Å²) < 4.78 is 0. The number of hydrogen-bond donors (Lipinski definition) is 3. The van der Waals surface area contributed by atoms with Crippen molar-refractivity contribution in [2.75, 3.05) is 23.7 Å². The molecule has 0 radical (unpaired) electrons. The second-order valence-electron chi connectivity index (χ2n) is 5.52. The average molecular weight is 311 g/mol. The Labute approximate surface area is 129 Å². The lowest BCUT2D eigenvalue weighted by molar-refractivity contribution is 0.0939. The van der Waals surface area contributed by atoms with Crippen LogP contribution in [0.2, 0.25) is 0 Å². The number of hydrogen-bond acceptors (Lipinski definition) is 6. The lowest BCUT2D eigenvalue weighted by atomic mass is 10.1. The van der Waals surface area contributed by atoms with Crippen molar-refractivity contribution in [1.29, 1.82) is 0 Å². The molecule has 0 unspecified atom stereocenters. The number of rotatable bonds is 5. The van der Waals surface area contributed by atoms with Gasteiger partial charge in [0.2, 0.25) is 0 Å². The molecule has 2 rings (SSSR count). The number of nitrogen functional groups attached to an aromatic ring is 1. The molecule has 0 spiro atoms. The van der Waals surface area contributed by atoms with E-state index in [9.17, 15) is 4.79 Å². The molecule has 7 heteroatoms. The zero-order chi connectivity index (χ0) is 15.4. The van der Waals surface area contributed by atoms with Crippen LogP contribution < -0.4 is 21.7 Å². The van der Waals surface area contributed by atoms with Crippen molar-refractivity contribution in [1.82, 2.24) is 10.3 Å². The van der Waals surface area contributed by atoms with Gasteiger partial charge in [-0.3, -0.25) is 4.79 Å². The SMILES string of the molecule is CCC(CC)NC(=O)c1sc(N2CCC(N)CC2)nc1N. The number of carbonyl (C=O) groups excluding carboxylic acids is 1. The number of piperidine rings is 1. The molecular formula is C14H25N5OS. The molecule has 21 heavy (non-hydrogen) atoms. The Morgan fingerprint density at radius 3 is 2.62 bits per heavy atom. The van der Waals surface area contributed by atoms with E-state index in [1.807, 2.05) is 0 Å². The highest BCUT2D eigenvalue weighted by atomic mass is 32.1. The van der Waals surface area contributed by atoms with E-state index in [0.29, 0.717) is 10.7 Å². The maximum Gasteiger partial charge on any atom is 0.265 e. The fourth-order valence-corrected chi connectivity index (χ4v) is 3.39. The van der Waals surface area contributed by atoms with E-state index < -0.39 is 0 Å². The summed E-state index contributed by atoms with van der Waals surface area (Å²) in [5, 5.41) is 3.84. The molecule has 1 amide bonds. The summed E-state index contributed by atoms with van der Waals surface area (Å²) in [6.07, 6.45) is 3.74. The summed E-state index contributed by atoms with van der Waals surface area (Å²) in [6, 6.07) is 0.464. The third-order valence-electron chi connectivity index (χ3n) is 3.98. The summed E-state index contributed by atoms with van der Waals surface area (Å²) in [5.41, 5.74) is 11.8. The average Bonchev–Trinajstić information content (AvgIpc) is 2.87. The van der Waals surface area contributed by atoms with E-state index in [1.54, 1.807) is 0 Å². The summed E-state index contributed by atoms with van der Waals surface area (Å²) in [4.78, 5) is 19.3. The monoisotopic (exact) mass is 311 g/mol. The number of nitrogens with one attached hydrogen (secondary N) is 1. The van der Waals surface area contributed by atoms with Crippen LogP contribution in [0, 0.1) is 0 Å². The molecule has 0 aliphatic carbocycles. The Bertz CT molecular complexity index is 478. The van der Waals surface area contributed by atoms with Crippen molar-refractivity contribution < 1.29 is 4.79 Å². The van der Waals surface area contributed by atoms with Crippen LogP contribution in [-0.4, -0.2) is 36.1 Å². The molecule has 0 bridgehead atoms. The quantitative estimate of drug-likeness (QED) is 0.767. The Morgan fingerprint density at radius 1 is 1.43 bits per heavy atom. The van der Waals surface area contributed by atoms with Gasteiger partial charge in [-0.2, -0.15) is 0 Å². The van der Waals surface area contributed by atoms with Crippen LogP contribution in [0.4, 0.5) is 10.9 Å². The van der Waals surface area contributed by atoms with E-state index >= 15 is 0 Å². The summed E-state index contributed by atoms with van der Waals surface area (Å²) >= 11 is 1.38. The first-order chi connectivity index (χ1) is 10.0. The summed E-state index contributed by atoms with van der Waals surface area (Å²) in [6.45, 7) is 5.88. The molecule has 0 atom stereocenters. The molecule has 0 aromatic carbocycles. The minimum Gasteiger partial charge on any atom is -0.382 e. The number of aromatic nitrogens is 1. The van der Waals surface area contributed by atoms with Crippen LogP contribution in [0.25, 0.3) is 0 Å². The fraction of sp³-hybridized carbons (Fsp3) is 0.714. The molecule has 1 saturated heterocycles. The first-order valence-electron chi connectivity index (χ1n) is 7.62. The van der Waals surface area contributed by atoms with Crippen molar-refractivity contribution >= 4 is 28.2 Å². The highest BCUT2D eigenvalue weighted by molar-refractivity contribution is 7.18. The number of carbonyl (C=O) groups is 1. The molecular weight excluding hydrogens is 286 g/mol. The molecule has 2 heterocycles. The second kappa shape index (κ2) is 7.09. The van der Waals surface area contributed by atoms with Gasteiger partial charge in [0, 0.05) is 25.2 Å². The molecule has 1 aliphatic heterocycles. The molecule has 0 saturated carbocycles. The van der Waals surface area contributed by atoms with Crippen molar-refractivity contribution in [2.45, 2.75) is 51.6 Å². The zero-order valence-corrected chi connectivity index (χ0v) is 13.6. The topological polar surface area (TPSA) is 97.3 Å². The number of nitrogens with two attached hydrogens (primary N) is 2. The third-order valence-corrected chi connectivity index (χ3v) is 5.11. The molecule has 1 aromatic rings. The van der Waals surface area contributed by atoms with Gasteiger partial charge in [-0.15, -0.1) is 0 Å². The highest BCUT2D eigenvalue weighted by Gasteiger charge is 2.23. The van der Waals surface area contributed by atoms with Crippen molar-refractivity contribution in [2.24, 2.45) is 5.73 Å². The van der Waals surface area contributed by atoms with Gasteiger partial charge in [0.25, 0.3) is 5.91 Å². The number of amides is 1. The second-order valence-corrected chi connectivity index (χ2v) is 6.50. The first kappa shape index (κ1) is 16.0. The predicted molar refractivity (Wildman–Crippen MR) is 87.8 cm³/mol. The number of nitrogens with zero attached hydrogens (tertiary/aromatic N) is 2. The Hall–Kier alpha value is -1.34. The molecule has 1 aromatic heterocycles. The molecule has 1 aliphatic rings. The largest absolute Gasteiger partial charge is 0.382 e. The van der Waals surface area contributed by atoms with Gasteiger partial charge in [-0.1, -0.05) is 25.2 Å². The minimum absolute atomic E-state index is 0.112. The lowest BCUT2D eigenvalue weighted by Gasteiger charge is -2.29. The van der Waals surface area contributed by atoms with Crippen LogP contribution in [0.3, 0.4) is 0 Å². The molecule has 118 valence electrons. The fourth-order valence-electron chi connectivity index (χ4n) is 2.45. The normalized spacial score (nSPS) is 16.5. The van der Waals surface area contributed by atoms with Gasteiger partial charge in [0.05, 0.1) is 0 Å². The Balaban J connectivity index is 2.06. The van der Waals surface area contributed by atoms with E-state index in [4.69, 9.17) is 11.5 Å². The van der Waals surface area contributed by atoms with Crippen molar-refractivity contribution in [3.63, 3.8) is 0 Å². The van der Waals surface area contributed by atoms with Gasteiger partial charge in [-0.05, 0) is 25.7 Å². The van der Waals surface area contributed by atoms with E-state index in [2.05, 4.69) is 29.0 Å². The third kappa shape index (κ3) is 3.85. The minimum atomic E-state index is -0.112. The van der Waals surface area contributed by atoms with Crippen LogP contribution in [0.1, 0.15) is 49.2 Å². The van der Waals surface area contributed by atoms with E-state index in [-0.39, 0.29) is 18.0 Å². The molecule has 1 fully saturated rings. The van der Waals surface area contributed by atoms with E-state index in [1.165, 1.54) is 11.3 Å². The van der Waals surface area contributed by atoms with Crippen LogP contribution >= 0.6 is 11.3 Å². The van der Waals surface area contributed by atoms with Crippen LogP contribution in [0.5, 0.6) is 0 Å². The predicted octanol–water partition coefficient (Wildman–Crippen LogP) is 1.57.